The van der Waals surface area contributed by atoms with Crippen molar-refractivity contribution >= 4 is 27.5 Å². The van der Waals surface area contributed by atoms with Gasteiger partial charge in [0, 0.05) is 25.6 Å². The van der Waals surface area contributed by atoms with Gasteiger partial charge in [0.2, 0.25) is 21.8 Å². The van der Waals surface area contributed by atoms with E-state index >= 15 is 0 Å². The van der Waals surface area contributed by atoms with Crippen LogP contribution < -0.4 is 19.1 Å². The lowest BCUT2D eigenvalue weighted by Crippen LogP contribution is -2.49. The average molecular weight is 548 g/mol. The van der Waals surface area contributed by atoms with Crippen LogP contribution in [-0.2, 0) is 26.2 Å². The van der Waals surface area contributed by atoms with Gasteiger partial charge in [0.15, 0.2) is 0 Å². The molecule has 0 fully saturated rings. The van der Waals surface area contributed by atoms with E-state index in [9.17, 15) is 18.0 Å². The zero-order valence-electron chi connectivity index (χ0n) is 23.3. The highest BCUT2D eigenvalue weighted by molar-refractivity contribution is 7.92. The molecule has 0 saturated heterocycles. The number of nitrogens with one attached hydrogen (secondary N) is 1. The molecule has 2 amide bonds. The molecule has 0 radical (unpaired) electrons. The number of hydrogen-bond acceptors (Lipinski definition) is 6. The summed E-state index contributed by atoms with van der Waals surface area (Å²) < 4.78 is 37.1. The molecule has 210 valence electrons. The number of carbonyl (C=O) groups is 2. The standard InChI is InChI=1S/C28H41N3O6S/c1-7-21(3)29-28(33)22(4)30(20-23-11-9-12-26(19-23)36-5)27(32)13-10-18-31(38(6,34)35)24-14-16-25(17-15-24)37-8-2/h9,11-12,14-17,19,21-22H,7-8,10,13,18,20H2,1-6H3,(H,29,33)/t21-,22-/m0/s1. The normalized spacial score (nSPS) is 12.8. The highest BCUT2D eigenvalue weighted by atomic mass is 32.2. The first kappa shape index (κ1) is 31.0. The van der Waals surface area contributed by atoms with Crippen LogP contribution in [0.3, 0.4) is 0 Å². The predicted molar refractivity (Wildman–Crippen MR) is 150 cm³/mol. The van der Waals surface area contributed by atoms with E-state index in [1.165, 1.54) is 9.21 Å². The number of benzene rings is 2. The molecule has 0 aromatic heterocycles. The van der Waals surface area contributed by atoms with Crippen molar-refractivity contribution in [2.45, 2.75) is 65.6 Å². The lowest BCUT2D eigenvalue weighted by Gasteiger charge is -2.30. The maximum Gasteiger partial charge on any atom is 0.242 e. The summed E-state index contributed by atoms with van der Waals surface area (Å²) in [6.45, 7) is 8.33. The van der Waals surface area contributed by atoms with Crippen molar-refractivity contribution in [3.8, 4) is 11.5 Å². The number of amides is 2. The minimum Gasteiger partial charge on any atom is -0.497 e. The van der Waals surface area contributed by atoms with E-state index in [-0.39, 0.29) is 43.8 Å². The third-order valence-electron chi connectivity index (χ3n) is 6.24. The largest absolute Gasteiger partial charge is 0.497 e. The zero-order chi connectivity index (χ0) is 28.3. The monoisotopic (exact) mass is 547 g/mol. The molecule has 10 heteroatoms. The summed E-state index contributed by atoms with van der Waals surface area (Å²) >= 11 is 0. The number of methoxy groups -OCH3 is 1. The summed E-state index contributed by atoms with van der Waals surface area (Å²) in [6, 6.07) is 13.4. The number of rotatable bonds is 15. The third kappa shape index (κ3) is 9.24. The van der Waals surface area contributed by atoms with Gasteiger partial charge >= 0.3 is 0 Å². The smallest absolute Gasteiger partial charge is 0.242 e. The van der Waals surface area contributed by atoms with Gasteiger partial charge in [-0.15, -0.1) is 0 Å². The molecular formula is C28H41N3O6S. The molecular weight excluding hydrogens is 506 g/mol. The fourth-order valence-electron chi connectivity index (χ4n) is 3.89. The van der Waals surface area contributed by atoms with E-state index in [4.69, 9.17) is 9.47 Å². The molecule has 0 spiro atoms. The van der Waals surface area contributed by atoms with Gasteiger partial charge < -0.3 is 19.7 Å². The zero-order valence-corrected chi connectivity index (χ0v) is 24.1. The number of carbonyl (C=O) groups excluding carboxylic acids is 2. The Morgan fingerprint density at radius 3 is 2.29 bits per heavy atom. The van der Waals surface area contributed by atoms with Crippen LogP contribution in [0, 0.1) is 0 Å². The Bertz CT molecular complexity index is 1150. The van der Waals surface area contributed by atoms with Gasteiger partial charge in [-0.2, -0.15) is 0 Å². The van der Waals surface area contributed by atoms with Crippen molar-refractivity contribution in [1.29, 1.82) is 0 Å². The molecule has 38 heavy (non-hydrogen) atoms. The molecule has 0 aliphatic carbocycles. The van der Waals surface area contributed by atoms with Gasteiger partial charge in [-0.3, -0.25) is 13.9 Å². The van der Waals surface area contributed by atoms with Crippen LogP contribution in [0.4, 0.5) is 5.69 Å². The lowest BCUT2D eigenvalue weighted by atomic mass is 10.1. The summed E-state index contributed by atoms with van der Waals surface area (Å²) in [5.74, 6) is 0.839. The summed E-state index contributed by atoms with van der Waals surface area (Å²) in [5.41, 5.74) is 1.32. The van der Waals surface area contributed by atoms with Crippen molar-refractivity contribution in [2.75, 3.05) is 30.8 Å². The number of ether oxygens (including phenoxy) is 2. The van der Waals surface area contributed by atoms with E-state index in [2.05, 4.69) is 5.32 Å². The molecule has 2 rings (SSSR count). The van der Waals surface area contributed by atoms with Crippen LogP contribution in [0.25, 0.3) is 0 Å². The molecule has 0 saturated carbocycles. The SMILES string of the molecule is CCOc1ccc(N(CCCC(=O)N(Cc2cccc(OC)c2)[C@@H](C)C(=O)N[C@@H](C)CC)S(C)(=O)=O)cc1. The first-order valence-corrected chi connectivity index (χ1v) is 14.8. The minimum absolute atomic E-state index is 0.0174. The van der Waals surface area contributed by atoms with Crippen LogP contribution in [0.5, 0.6) is 11.5 Å². The second-order valence-corrected chi connectivity index (χ2v) is 11.1. The van der Waals surface area contributed by atoms with Crippen LogP contribution in [0.2, 0.25) is 0 Å². The van der Waals surface area contributed by atoms with E-state index in [1.807, 2.05) is 45.0 Å². The molecule has 2 atom stereocenters. The van der Waals surface area contributed by atoms with Crippen LogP contribution in [0.15, 0.2) is 48.5 Å². The first-order valence-electron chi connectivity index (χ1n) is 12.9. The number of anilines is 1. The fourth-order valence-corrected chi connectivity index (χ4v) is 4.86. The van der Waals surface area contributed by atoms with E-state index in [0.717, 1.165) is 18.2 Å². The van der Waals surface area contributed by atoms with Gasteiger partial charge in [0.1, 0.15) is 17.5 Å². The fraction of sp³-hybridized carbons (Fsp3) is 0.500. The Labute approximate surface area is 227 Å². The van der Waals surface area contributed by atoms with E-state index in [0.29, 0.717) is 23.8 Å². The van der Waals surface area contributed by atoms with Crippen molar-refractivity contribution in [1.82, 2.24) is 10.2 Å². The predicted octanol–water partition coefficient (Wildman–Crippen LogP) is 3.97. The van der Waals surface area contributed by atoms with Gasteiger partial charge in [-0.25, -0.2) is 8.42 Å². The average Bonchev–Trinajstić information content (AvgIpc) is 2.89. The maximum atomic E-state index is 13.4. The minimum atomic E-state index is -3.57. The summed E-state index contributed by atoms with van der Waals surface area (Å²) in [7, 11) is -2.00. The maximum absolute atomic E-state index is 13.4. The second-order valence-electron chi connectivity index (χ2n) is 9.23. The molecule has 1 N–H and O–H groups in total. The molecule has 0 unspecified atom stereocenters. The number of sulfonamides is 1. The van der Waals surface area contributed by atoms with Crippen molar-refractivity contribution in [3.05, 3.63) is 54.1 Å². The van der Waals surface area contributed by atoms with E-state index < -0.39 is 16.1 Å². The molecule has 0 heterocycles. The summed E-state index contributed by atoms with van der Waals surface area (Å²) in [5, 5.41) is 2.95. The van der Waals surface area contributed by atoms with Crippen molar-refractivity contribution < 1.29 is 27.5 Å². The number of hydrogen-bond donors (Lipinski definition) is 1. The van der Waals surface area contributed by atoms with Gasteiger partial charge in [-0.1, -0.05) is 19.1 Å². The Kier molecular flexibility index (Phi) is 11.9. The third-order valence-corrected chi connectivity index (χ3v) is 7.44. The van der Waals surface area contributed by atoms with Gasteiger partial charge in [-0.05, 0) is 75.6 Å². The second kappa shape index (κ2) is 14.6. The highest BCUT2D eigenvalue weighted by Crippen LogP contribution is 2.23. The summed E-state index contributed by atoms with van der Waals surface area (Å²) in [6.07, 6.45) is 2.28. The molecule has 2 aromatic rings. The quantitative estimate of drug-likeness (QED) is 0.362. The van der Waals surface area contributed by atoms with Gasteiger partial charge in [0.25, 0.3) is 0 Å². The molecule has 0 aliphatic heterocycles. The molecule has 0 bridgehead atoms. The highest BCUT2D eigenvalue weighted by Gasteiger charge is 2.27. The van der Waals surface area contributed by atoms with Crippen LogP contribution in [-0.4, -0.2) is 63.7 Å². The Morgan fingerprint density at radius 2 is 1.71 bits per heavy atom. The lowest BCUT2D eigenvalue weighted by molar-refractivity contribution is -0.140. The molecule has 0 aliphatic rings. The molecule has 9 nitrogen and oxygen atoms in total. The Hall–Kier alpha value is -3.27. The number of nitrogens with zero attached hydrogens (tertiary/aromatic N) is 2. The molecule has 2 aromatic carbocycles. The van der Waals surface area contributed by atoms with E-state index in [1.54, 1.807) is 38.3 Å². The Balaban J connectivity index is 2.18. The topological polar surface area (TPSA) is 105 Å². The first-order chi connectivity index (χ1) is 18.0. The summed E-state index contributed by atoms with van der Waals surface area (Å²) in [4.78, 5) is 27.9. The Morgan fingerprint density at radius 1 is 1.03 bits per heavy atom. The van der Waals surface area contributed by atoms with Crippen LogP contribution >= 0.6 is 0 Å². The van der Waals surface area contributed by atoms with Crippen molar-refractivity contribution in [2.24, 2.45) is 0 Å². The van der Waals surface area contributed by atoms with Crippen molar-refractivity contribution in [3.63, 3.8) is 0 Å². The van der Waals surface area contributed by atoms with Gasteiger partial charge in [0.05, 0.1) is 25.7 Å². The van der Waals surface area contributed by atoms with Crippen LogP contribution in [0.1, 0.15) is 52.5 Å².